The Morgan fingerprint density at radius 3 is 2.33 bits per heavy atom. The van der Waals surface area contributed by atoms with Crippen molar-refractivity contribution >= 4 is 11.7 Å². The van der Waals surface area contributed by atoms with Crippen LogP contribution in [0.15, 0.2) is 54.9 Å². The van der Waals surface area contributed by atoms with E-state index in [9.17, 15) is 4.79 Å². The van der Waals surface area contributed by atoms with Crippen LogP contribution in [0.5, 0.6) is 11.6 Å². The van der Waals surface area contributed by atoms with Crippen molar-refractivity contribution in [2.75, 3.05) is 5.73 Å². The zero-order chi connectivity index (χ0) is 29.7. The number of anilines is 1. The highest BCUT2D eigenvalue weighted by Crippen LogP contribution is 2.38. The van der Waals surface area contributed by atoms with E-state index in [4.69, 9.17) is 15.2 Å². The lowest BCUT2D eigenvalue weighted by Gasteiger charge is -2.29. The maximum Gasteiger partial charge on any atom is 0.347 e. The lowest BCUT2D eigenvalue weighted by molar-refractivity contribution is 0.0727. The van der Waals surface area contributed by atoms with Crippen LogP contribution in [-0.4, -0.2) is 22.0 Å². The first-order valence-corrected chi connectivity index (χ1v) is 16.2. The third-order valence-electron chi connectivity index (χ3n) is 8.61. The van der Waals surface area contributed by atoms with E-state index in [0.717, 1.165) is 30.0 Å². The van der Waals surface area contributed by atoms with Crippen LogP contribution in [0.3, 0.4) is 0 Å². The lowest BCUT2D eigenvalue weighted by Crippen LogP contribution is -2.15. The largest absolute Gasteiger partial charge is 0.491 e. The molecule has 6 heteroatoms. The molecule has 226 valence electrons. The predicted octanol–water partition coefficient (Wildman–Crippen LogP) is 9.54. The molecule has 0 bridgehead atoms. The van der Waals surface area contributed by atoms with E-state index in [-0.39, 0.29) is 17.5 Å². The number of ether oxygens (including phenoxy) is 2. The maximum atomic E-state index is 12.9. The van der Waals surface area contributed by atoms with Gasteiger partial charge in [0.05, 0.1) is 29.8 Å². The number of benzene rings is 2. The fraction of sp³-hybridized carbons (Fsp3) is 0.528. The van der Waals surface area contributed by atoms with Crippen molar-refractivity contribution < 1.29 is 14.3 Å². The van der Waals surface area contributed by atoms with Crippen molar-refractivity contribution in [2.24, 2.45) is 5.92 Å². The van der Waals surface area contributed by atoms with Gasteiger partial charge in [-0.15, -0.1) is 0 Å². The van der Waals surface area contributed by atoms with Crippen LogP contribution < -0.4 is 15.2 Å². The van der Waals surface area contributed by atoms with E-state index < -0.39 is 5.97 Å². The van der Waals surface area contributed by atoms with Crippen LogP contribution in [0.25, 0.3) is 11.3 Å². The number of hydrogen-bond acceptors (Lipinski definition) is 6. The number of unbranched alkanes of at least 4 members (excludes halogenated alkanes) is 5. The molecule has 1 atom stereocenters. The van der Waals surface area contributed by atoms with Crippen LogP contribution in [0, 0.1) is 5.92 Å². The van der Waals surface area contributed by atoms with E-state index in [2.05, 4.69) is 48.1 Å². The average molecular weight is 572 g/mol. The molecule has 1 saturated carbocycles. The molecule has 1 aliphatic rings. The summed E-state index contributed by atoms with van der Waals surface area (Å²) in [5.74, 6) is 1.72. The number of nitrogen functional groups attached to an aromatic ring is 1. The molecule has 1 unspecified atom stereocenters. The standard InChI is InChI=1S/C36H49N3O3/c1-4-6-8-10-11-26(3)41-31-21-22-33(37)32(23-31)36(40)42-35-25-38-34(24-39-35)30-19-17-29(18-20-30)28-15-13-27(14-16-28)12-9-7-5-2/h17-28H,4-16,37H2,1-3H3. The smallest absolute Gasteiger partial charge is 0.347 e. The number of carbonyl (C=O) groups excluding carboxylic acids is 1. The summed E-state index contributed by atoms with van der Waals surface area (Å²) in [5, 5.41) is 0. The van der Waals surface area contributed by atoms with Gasteiger partial charge in [-0.3, -0.25) is 0 Å². The molecule has 2 aromatic carbocycles. The Bertz CT molecular complexity index is 1230. The van der Waals surface area contributed by atoms with E-state index in [1.165, 1.54) is 82.4 Å². The van der Waals surface area contributed by atoms with E-state index in [1.54, 1.807) is 24.4 Å². The van der Waals surface area contributed by atoms with Crippen molar-refractivity contribution in [2.45, 2.75) is 116 Å². The summed E-state index contributed by atoms with van der Waals surface area (Å²) in [4.78, 5) is 21.8. The molecule has 0 aliphatic heterocycles. The molecule has 1 aromatic heterocycles. The summed E-state index contributed by atoms with van der Waals surface area (Å²) in [5.41, 5.74) is 9.83. The van der Waals surface area contributed by atoms with Gasteiger partial charge in [0.15, 0.2) is 0 Å². The third-order valence-corrected chi connectivity index (χ3v) is 8.61. The Balaban J connectivity index is 1.30. The number of esters is 1. The second-order valence-electron chi connectivity index (χ2n) is 12.0. The van der Waals surface area contributed by atoms with Gasteiger partial charge in [-0.25, -0.2) is 14.8 Å². The van der Waals surface area contributed by atoms with Crippen molar-refractivity contribution in [1.29, 1.82) is 0 Å². The Morgan fingerprint density at radius 1 is 0.905 bits per heavy atom. The van der Waals surface area contributed by atoms with Crippen molar-refractivity contribution in [1.82, 2.24) is 9.97 Å². The molecule has 0 amide bonds. The van der Waals surface area contributed by atoms with Gasteiger partial charge in [0.25, 0.3) is 0 Å². The molecule has 1 aliphatic carbocycles. The second-order valence-corrected chi connectivity index (χ2v) is 12.0. The molecular weight excluding hydrogens is 522 g/mol. The number of nitrogens with two attached hydrogens (primary N) is 1. The van der Waals surface area contributed by atoms with Gasteiger partial charge in [0.1, 0.15) is 5.75 Å². The van der Waals surface area contributed by atoms with Gasteiger partial charge in [-0.1, -0.05) is 83.1 Å². The van der Waals surface area contributed by atoms with Crippen LogP contribution in [0.1, 0.15) is 126 Å². The number of nitrogens with zero attached hydrogens (tertiary/aromatic N) is 2. The average Bonchev–Trinajstić information content (AvgIpc) is 3.01. The zero-order valence-electron chi connectivity index (χ0n) is 25.8. The molecule has 3 aromatic rings. The van der Waals surface area contributed by atoms with Gasteiger partial charge < -0.3 is 15.2 Å². The minimum Gasteiger partial charge on any atom is -0.491 e. The first-order valence-electron chi connectivity index (χ1n) is 16.2. The molecule has 1 fully saturated rings. The minimum atomic E-state index is -0.583. The third kappa shape index (κ3) is 9.30. The van der Waals surface area contributed by atoms with Gasteiger partial charge in [-0.05, 0) is 81.0 Å². The summed E-state index contributed by atoms with van der Waals surface area (Å²) < 4.78 is 11.5. The van der Waals surface area contributed by atoms with Gasteiger partial charge in [-0.2, -0.15) is 0 Å². The Kier molecular flexibility index (Phi) is 12.2. The van der Waals surface area contributed by atoms with Crippen molar-refractivity contribution in [3.05, 3.63) is 66.0 Å². The summed E-state index contributed by atoms with van der Waals surface area (Å²) in [7, 11) is 0. The first-order chi connectivity index (χ1) is 20.5. The lowest BCUT2D eigenvalue weighted by atomic mass is 9.77. The maximum absolute atomic E-state index is 12.9. The first kappa shape index (κ1) is 31.5. The number of rotatable bonds is 15. The highest BCUT2D eigenvalue weighted by Gasteiger charge is 2.22. The van der Waals surface area contributed by atoms with Gasteiger partial charge >= 0.3 is 5.97 Å². The minimum absolute atomic E-state index is 0.0529. The molecule has 0 spiro atoms. The van der Waals surface area contributed by atoms with E-state index >= 15 is 0 Å². The molecule has 4 rings (SSSR count). The monoisotopic (exact) mass is 571 g/mol. The summed E-state index contributed by atoms with van der Waals surface area (Å²) in [6.45, 7) is 6.53. The summed E-state index contributed by atoms with van der Waals surface area (Å²) in [6.07, 6.45) is 19.6. The number of carbonyl (C=O) groups is 1. The Labute approximate surface area is 252 Å². The normalized spacial score (nSPS) is 17.5. The molecular formula is C36H49N3O3. The van der Waals surface area contributed by atoms with Gasteiger partial charge in [0, 0.05) is 11.3 Å². The molecule has 0 radical (unpaired) electrons. The van der Waals surface area contributed by atoms with Crippen molar-refractivity contribution in [3.63, 3.8) is 0 Å². The molecule has 0 saturated heterocycles. The fourth-order valence-corrected chi connectivity index (χ4v) is 6.00. The zero-order valence-corrected chi connectivity index (χ0v) is 25.8. The Hall–Kier alpha value is -3.41. The predicted molar refractivity (Wildman–Crippen MR) is 171 cm³/mol. The van der Waals surface area contributed by atoms with Crippen LogP contribution in [0.4, 0.5) is 5.69 Å². The van der Waals surface area contributed by atoms with E-state index in [0.29, 0.717) is 17.4 Å². The van der Waals surface area contributed by atoms with Crippen LogP contribution in [-0.2, 0) is 0 Å². The highest BCUT2D eigenvalue weighted by atomic mass is 16.5. The van der Waals surface area contributed by atoms with Crippen LogP contribution in [0.2, 0.25) is 0 Å². The number of hydrogen-bond donors (Lipinski definition) is 1. The fourth-order valence-electron chi connectivity index (χ4n) is 6.00. The quantitative estimate of drug-likeness (QED) is 0.111. The van der Waals surface area contributed by atoms with Crippen molar-refractivity contribution in [3.8, 4) is 22.9 Å². The molecule has 6 nitrogen and oxygen atoms in total. The van der Waals surface area contributed by atoms with Gasteiger partial charge in [0.2, 0.25) is 5.88 Å². The number of aromatic nitrogens is 2. The summed E-state index contributed by atoms with van der Waals surface area (Å²) >= 11 is 0. The molecule has 1 heterocycles. The molecule has 2 N–H and O–H groups in total. The van der Waals surface area contributed by atoms with E-state index in [1.807, 2.05) is 6.92 Å². The SMILES string of the molecule is CCCCCCC(C)Oc1ccc(N)c(C(=O)Oc2cnc(-c3ccc(C4CCC(CCCCC)CC4)cc3)cn2)c1. The topological polar surface area (TPSA) is 87.3 Å². The highest BCUT2D eigenvalue weighted by molar-refractivity contribution is 5.96. The molecule has 42 heavy (non-hydrogen) atoms. The van der Waals surface area contributed by atoms with Crippen LogP contribution >= 0.6 is 0 Å². The Morgan fingerprint density at radius 2 is 1.64 bits per heavy atom. The second kappa shape index (κ2) is 16.3. The summed E-state index contributed by atoms with van der Waals surface area (Å²) in [6, 6.07) is 13.8.